The van der Waals surface area contributed by atoms with Gasteiger partial charge < -0.3 is 19.8 Å². The molecule has 1 amide bonds. The molecular formula is C28H27N3O3. The fraction of sp³-hybridized carbons (Fsp3) is 0.179. The van der Waals surface area contributed by atoms with Gasteiger partial charge in [0.1, 0.15) is 17.1 Å². The van der Waals surface area contributed by atoms with Gasteiger partial charge in [0.2, 0.25) is 5.91 Å². The van der Waals surface area contributed by atoms with Gasteiger partial charge in [0.05, 0.1) is 12.1 Å². The lowest BCUT2D eigenvalue weighted by Crippen LogP contribution is -2.55. The van der Waals surface area contributed by atoms with Crippen LogP contribution in [0.3, 0.4) is 0 Å². The first kappa shape index (κ1) is 21.8. The highest BCUT2D eigenvalue weighted by Crippen LogP contribution is 2.24. The number of hydrogen-bond donors (Lipinski definition) is 4. The molecule has 0 aliphatic carbocycles. The zero-order chi connectivity index (χ0) is 23.5. The number of phenols is 1. The summed E-state index contributed by atoms with van der Waals surface area (Å²) < 4.78 is 5.96. The van der Waals surface area contributed by atoms with E-state index in [-0.39, 0.29) is 11.7 Å². The third-order valence-electron chi connectivity index (χ3n) is 6.21. The van der Waals surface area contributed by atoms with Gasteiger partial charge in [0, 0.05) is 35.5 Å². The number of hydrogen-bond acceptors (Lipinski definition) is 4. The maximum absolute atomic E-state index is 13.5. The molecule has 5 aromatic rings. The molecule has 2 heterocycles. The second kappa shape index (κ2) is 9.08. The lowest BCUT2D eigenvalue weighted by atomic mass is 9.91. The van der Waals surface area contributed by atoms with Crippen LogP contribution in [0.5, 0.6) is 5.75 Å². The molecule has 1 unspecified atom stereocenters. The highest BCUT2D eigenvalue weighted by molar-refractivity contribution is 5.89. The number of amides is 1. The van der Waals surface area contributed by atoms with E-state index in [0.29, 0.717) is 19.5 Å². The molecule has 5 rings (SSSR count). The summed E-state index contributed by atoms with van der Waals surface area (Å²) in [6.07, 6.45) is 2.46. The largest absolute Gasteiger partial charge is 0.508 e. The maximum atomic E-state index is 13.5. The van der Waals surface area contributed by atoms with E-state index < -0.39 is 5.54 Å². The lowest BCUT2D eigenvalue weighted by molar-refractivity contribution is -0.127. The van der Waals surface area contributed by atoms with Gasteiger partial charge in [-0.05, 0) is 48.4 Å². The first-order valence-corrected chi connectivity index (χ1v) is 11.3. The van der Waals surface area contributed by atoms with Crippen LogP contribution < -0.4 is 10.6 Å². The van der Waals surface area contributed by atoms with E-state index >= 15 is 0 Å². The van der Waals surface area contributed by atoms with E-state index in [2.05, 4.69) is 21.7 Å². The zero-order valence-electron chi connectivity index (χ0n) is 19.0. The predicted molar refractivity (Wildman–Crippen MR) is 133 cm³/mol. The van der Waals surface area contributed by atoms with Crippen molar-refractivity contribution in [2.45, 2.75) is 32.0 Å². The standard InChI is InChI=1S/C28H27N3O3/c1-28(15-21-17-29-25-11-4-3-10-24(21)25,27(33)30-16-19-7-6-9-22(32)13-19)31-18-23-14-20-8-2-5-12-26(20)34-23/h2-14,17,29,31-32H,15-16,18H2,1H3,(H,30,33). The third kappa shape index (κ3) is 4.54. The first-order chi connectivity index (χ1) is 16.5. The Morgan fingerprint density at radius 2 is 1.82 bits per heavy atom. The first-order valence-electron chi connectivity index (χ1n) is 11.3. The van der Waals surface area contributed by atoms with Gasteiger partial charge in [-0.1, -0.05) is 48.5 Å². The molecule has 2 aromatic heterocycles. The molecule has 0 fully saturated rings. The molecule has 34 heavy (non-hydrogen) atoms. The maximum Gasteiger partial charge on any atom is 0.240 e. The summed E-state index contributed by atoms with van der Waals surface area (Å²) >= 11 is 0. The minimum Gasteiger partial charge on any atom is -0.508 e. The molecule has 4 N–H and O–H groups in total. The quantitative estimate of drug-likeness (QED) is 0.265. The van der Waals surface area contributed by atoms with Crippen molar-refractivity contribution in [2.24, 2.45) is 0 Å². The number of H-pyrrole nitrogens is 1. The number of furan rings is 1. The molecule has 172 valence electrons. The molecule has 6 heteroatoms. The summed E-state index contributed by atoms with van der Waals surface area (Å²) in [6.45, 7) is 2.64. The Hall–Kier alpha value is -4.03. The van der Waals surface area contributed by atoms with Crippen LogP contribution in [0.1, 0.15) is 23.8 Å². The fourth-order valence-electron chi connectivity index (χ4n) is 4.33. The summed E-state index contributed by atoms with van der Waals surface area (Å²) in [5.41, 5.74) is 2.85. The fourth-order valence-corrected chi connectivity index (χ4v) is 4.33. The minimum atomic E-state index is -0.902. The van der Waals surface area contributed by atoms with Gasteiger partial charge in [-0.25, -0.2) is 0 Å². The van der Waals surface area contributed by atoms with Crippen molar-refractivity contribution in [1.82, 2.24) is 15.6 Å². The van der Waals surface area contributed by atoms with Crippen LogP contribution in [-0.4, -0.2) is 21.5 Å². The zero-order valence-corrected chi connectivity index (χ0v) is 19.0. The summed E-state index contributed by atoms with van der Waals surface area (Å²) in [6, 6.07) is 24.8. The minimum absolute atomic E-state index is 0.128. The third-order valence-corrected chi connectivity index (χ3v) is 6.21. The van der Waals surface area contributed by atoms with Crippen molar-refractivity contribution in [2.75, 3.05) is 0 Å². The molecule has 0 radical (unpaired) electrons. The summed E-state index contributed by atoms with van der Waals surface area (Å²) in [4.78, 5) is 16.8. The van der Waals surface area contributed by atoms with Crippen molar-refractivity contribution < 1.29 is 14.3 Å². The van der Waals surface area contributed by atoms with Crippen LogP contribution in [0.4, 0.5) is 0 Å². The second-order valence-corrected chi connectivity index (χ2v) is 8.83. The Morgan fingerprint density at radius 3 is 2.68 bits per heavy atom. The van der Waals surface area contributed by atoms with Gasteiger partial charge in [0.15, 0.2) is 0 Å². The van der Waals surface area contributed by atoms with Crippen LogP contribution in [0.15, 0.2) is 89.5 Å². The topological polar surface area (TPSA) is 90.3 Å². The number of rotatable bonds is 8. The molecule has 0 saturated heterocycles. The number of benzene rings is 3. The van der Waals surface area contributed by atoms with E-state index in [9.17, 15) is 9.90 Å². The molecule has 0 aliphatic heterocycles. The number of carbonyl (C=O) groups excluding carboxylic acids is 1. The van der Waals surface area contributed by atoms with Crippen molar-refractivity contribution in [1.29, 1.82) is 0 Å². The van der Waals surface area contributed by atoms with Crippen molar-refractivity contribution in [3.05, 3.63) is 102 Å². The average molecular weight is 454 g/mol. The van der Waals surface area contributed by atoms with Crippen molar-refractivity contribution >= 4 is 27.8 Å². The van der Waals surface area contributed by atoms with Gasteiger partial charge in [-0.2, -0.15) is 0 Å². The van der Waals surface area contributed by atoms with Crippen LogP contribution in [0, 0.1) is 0 Å². The highest BCUT2D eigenvalue weighted by atomic mass is 16.3. The normalized spacial score (nSPS) is 13.2. The molecular weight excluding hydrogens is 426 g/mol. The Balaban J connectivity index is 1.39. The number of aromatic amines is 1. The van der Waals surface area contributed by atoms with Gasteiger partial charge in [0.25, 0.3) is 0 Å². The number of fused-ring (bicyclic) bond motifs is 2. The van der Waals surface area contributed by atoms with Crippen LogP contribution in [0.2, 0.25) is 0 Å². The lowest BCUT2D eigenvalue weighted by Gasteiger charge is -2.29. The Bertz CT molecular complexity index is 1420. The molecule has 6 nitrogen and oxygen atoms in total. The SMILES string of the molecule is CC(Cc1c[nH]c2ccccc12)(NCc1cc2ccccc2o1)C(=O)NCc1cccc(O)c1. The second-order valence-electron chi connectivity index (χ2n) is 8.83. The van der Waals surface area contributed by atoms with Crippen LogP contribution >= 0.6 is 0 Å². The molecule has 0 aliphatic rings. The summed E-state index contributed by atoms with van der Waals surface area (Å²) in [5.74, 6) is 0.820. The van der Waals surface area contributed by atoms with Crippen molar-refractivity contribution in [3.8, 4) is 5.75 Å². The number of nitrogens with one attached hydrogen (secondary N) is 3. The van der Waals surface area contributed by atoms with E-state index in [4.69, 9.17) is 4.42 Å². The number of para-hydroxylation sites is 2. The van der Waals surface area contributed by atoms with Crippen LogP contribution in [0.25, 0.3) is 21.9 Å². The molecule has 0 spiro atoms. The number of carbonyl (C=O) groups is 1. The van der Waals surface area contributed by atoms with E-state index in [1.165, 1.54) is 0 Å². The molecule has 1 atom stereocenters. The average Bonchev–Trinajstić information content (AvgIpc) is 3.45. The molecule has 0 bridgehead atoms. The van der Waals surface area contributed by atoms with Gasteiger partial charge >= 0.3 is 0 Å². The van der Waals surface area contributed by atoms with Crippen molar-refractivity contribution in [3.63, 3.8) is 0 Å². The summed E-state index contributed by atoms with van der Waals surface area (Å²) in [7, 11) is 0. The molecule has 0 saturated carbocycles. The summed E-state index contributed by atoms with van der Waals surface area (Å²) in [5, 5.41) is 18.4. The Kier molecular flexibility index (Phi) is 5.82. The monoisotopic (exact) mass is 453 g/mol. The van der Waals surface area contributed by atoms with Gasteiger partial charge in [-0.3, -0.25) is 10.1 Å². The van der Waals surface area contributed by atoms with E-state index in [1.807, 2.05) is 67.7 Å². The Labute approximate surface area is 197 Å². The Morgan fingerprint density at radius 1 is 1.00 bits per heavy atom. The van der Waals surface area contributed by atoms with E-state index in [0.717, 1.165) is 38.8 Å². The molecule has 3 aromatic carbocycles. The van der Waals surface area contributed by atoms with Crippen LogP contribution in [-0.2, 0) is 24.3 Å². The number of aromatic nitrogens is 1. The number of aromatic hydroxyl groups is 1. The predicted octanol–water partition coefficient (Wildman–Crippen LogP) is 5.03. The van der Waals surface area contributed by atoms with Gasteiger partial charge in [-0.15, -0.1) is 0 Å². The van der Waals surface area contributed by atoms with E-state index in [1.54, 1.807) is 18.2 Å². The smallest absolute Gasteiger partial charge is 0.240 e. The highest BCUT2D eigenvalue weighted by Gasteiger charge is 2.34. The number of phenolic OH excluding ortho intramolecular Hbond substituents is 1.